The quantitative estimate of drug-likeness (QED) is 0.294. The SMILES string of the molecule is COCCO[C@H]1CCC[C@@H]2C1=C(C(=O)[O-])N1C(=O)[C@H]([C@@H](C)O)[C@@H]21.[K+]. The second kappa shape index (κ2) is 8.26. The van der Waals surface area contributed by atoms with Gasteiger partial charge in [-0.15, -0.1) is 0 Å². The van der Waals surface area contributed by atoms with Crippen LogP contribution in [0.5, 0.6) is 0 Å². The number of aliphatic hydroxyl groups is 1. The third kappa shape index (κ3) is 3.27. The number of amides is 1. The fourth-order valence-corrected chi connectivity index (χ4v) is 4.27. The second-order valence-corrected chi connectivity index (χ2v) is 6.45. The Labute approximate surface area is 183 Å². The van der Waals surface area contributed by atoms with Crippen LogP contribution in [-0.4, -0.2) is 60.5 Å². The van der Waals surface area contributed by atoms with Crippen LogP contribution in [0.15, 0.2) is 11.3 Å². The number of methoxy groups -OCH3 is 1. The van der Waals surface area contributed by atoms with Crippen molar-refractivity contribution in [1.82, 2.24) is 4.90 Å². The molecule has 128 valence electrons. The fourth-order valence-electron chi connectivity index (χ4n) is 4.27. The maximum absolute atomic E-state index is 12.3. The number of rotatable bonds is 6. The predicted molar refractivity (Wildman–Crippen MR) is 76.8 cm³/mol. The molecular formula is C16H22KNO6. The van der Waals surface area contributed by atoms with E-state index in [2.05, 4.69) is 0 Å². The van der Waals surface area contributed by atoms with Gasteiger partial charge in [0.25, 0.3) is 0 Å². The van der Waals surface area contributed by atoms with Crippen LogP contribution in [0.3, 0.4) is 0 Å². The van der Waals surface area contributed by atoms with Gasteiger partial charge in [0.2, 0.25) is 5.91 Å². The molecule has 1 aliphatic carbocycles. The molecule has 1 saturated heterocycles. The number of nitrogens with zero attached hydrogens (tertiary/aromatic N) is 1. The molecular weight excluding hydrogens is 341 g/mol. The van der Waals surface area contributed by atoms with E-state index in [1.165, 1.54) is 4.90 Å². The van der Waals surface area contributed by atoms with Gasteiger partial charge in [-0.1, -0.05) is 0 Å². The summed E-state index contributed by atoms with van der Waals surface area (Å²) in [5.41, 5.74) is 0.623. The van der Waals surface area contributed by atoms with Crippen LogP contribution in [0.1, 0.15) is 26.2 Å². The van der Waals surface area contributed by atoms with Gasteiger partial charge < -0.3 is 29.4 Å². The summed E-state index contributed by atoms with van der Waals surface area (Å²) in [7, 11) is 1.58. The number of aliphatic carboxylic acids is 1. The van der Waals surface area contributed by atoms with Crippen molar-refractivity contribution in [2.45, 2.75) is 44.4 Å². The standard InChI is InChI=1S/C16H23NO6.K/c1-8(18)11-13-9-4-3-5-10(23-7-6-22-2)12(9)14(16(20)21)17(13)15(11)19;/h8-11,13,18H,3-7H2,1-2H3,(H,20,21);/q;+1/p-1/t8-,9-,10+,11-,13-;/m1./s1. The Hall–Kier alpha value is 0.196. The van der Waals surface area contributed by atoms with Crippen LogP contribution in [0.4, 0.5) is 0 Å². The van der Waals surface area contributed by atoms with E-state index in [1.807, 2.05) is 0 Å². The van der Waals surface area contributed by atoms with Crippen molar-refractivity contribution in [3.63, 3.8) is 0 Å². The molecule has 0 aromatic carbocycles. The fraction of sp³-hybridized carbons (Fsp3) is 0.750. The third-order valence-corrected chi connectivity index (χ3v) is 5.16. The van der Waals surface area contributed by atoms with Crippen molar-refractivity contribution in [1.29, 1.82) is 0 Å². The molecule has 2 fully saturated rings. The van der Waals surface area contributed by atoms with Crippen molar-refractivity contribution >= 4 is 11.9 Å². The van der Waals surface area contributed by atoms with E-state index in [1.54, 1.807) is 14.0 Å². The number of hydrogen-bond acceptors (Lipinski definition) is 6. The Morgan fingerprint density at radius 1 is 1.42 bits per heavy atom. The summed E-state index contributed by atoms with van der Waals surface area (Å²) in [5.74, 6) is -2.28. The molecule has 2 aliphatic heterocycles. The molecule has 3 rings (SSSR count). The molecule has 0 aromatic heterocycles. The van der Waals surface area contributed by atoms with Gasteiger partial charge in [-0.25, -0.2) is 0 Å². The van der Waals surface area contributed by atoms with Crippen molar-refractivity contribution < 1.29 is 80.7 Å². The summed E-state index contributed by atoms with van der Waals surface area (Å²) in [6.07, 6.45) is 1.30. The van der Waals surface area contributed by atoms with Gasteiger partial charge in [-0.2, -0.15) is 0 Å². The van der Waals surface area contributed by atoms with E-state index in [4.69, 9.17) is 9.47 Å². The Bertz CT molecular complexity index is 549. The van der Waals surface area contributed by atoms with Crippen LogP contribution in [0, 0.1) is 11.8 Å². The third-order valence-electron chi connectivity index (χ3n) is 5.16. The normalized spacial score (nSPS) is 32.6. The summed E-state index contributed by atoms with van der Waals surface area (Å²) < 4.78 is 10.8. The van der Waals surface area contributed by atoms with E-state index in [0.29, 0.717) is 18.8 Å². The molecule has 0 radical (unpaired) electrons. The zero-order valence-electron chi connectivity index (χ0n) is 14.4. The first-order chi connectivity index (χ1) is 11.0. The van der Waals surface area contributed by atoms with Gasteiger partial charge in [0.05, 0.1) is 49.0 Å². The number of carboxylic acid groups (broad SMARTS) is 1. The molecule has 2 heterocycles. The average Bonchev–Trinajstić information content (AvgIpc) is 2.79. The minimum absolute atomic E-state index is 0. The van der Waals surface area contributed by atoms with Gasteiger partial charge in [0.15, 0.2) is 0 Å². The summed E-state index contributed by atoms with van der Waals surface area (Å²) in [6.45, 7) is 2.37. The molecule has 8 heteroatoms. The van der Waals surface area contributed by atoms with Crippen LogP contribution in [-0.2, 0) is 19.1 Å². The molecule has 1 saturated carbocycles. The van der Waals surface area contributed by atoms with Crippen molar-refractivity contribution in [3.05, 3.63) is 11.3 Å². The van der Waals surface area contributed by atoms with Crippen LogP contribution in [0.2, 0.25) is 0 Å². The van der Waals surface area contributed by atoms with Gasteiger partial charge in [0, 0.05) is 13.0 Å². The van der Waals surface area contributed by atoms with E-state index in [9.17, 15) is 19.8 Å². The second-order valence-electron chi connectivity index (χ2n) is 6.45. The van der Waals surface area contributed by atoms with E-state index >= 15 is 0 Å². The average molecular weight is 363 g/mol. The molecule has 0 aromatic rings. The molecule has 7 nitrogen and oxygen atoms in total. The summed E-state index contributed by atoms with van der Waals surface area (Å²) in [4.78, 5) is 25.2. The maximum Gasteiger partial charge on any atom is 1.00 e. The van der Waals surface area contributed by atoms with E-state index < -0.39 is 18.0 Å². The zero-order valence-corrected chi connectivity index (χ0v) is 17.5. The minimum atomic E-state index is -1.34. The number of carbonyl (C=O) groups is 2. The van der Waals surface area contributed by atoms with Crippen molar-refractivity contribution in [2.24, 2.45) is 11.8 Å². The van der Waals surface area contributed by atoms with Gasteiger partial charge in [-0.3, -0.25) is 4.79 Å². The van der Waals surface area contributed by atoms with E-state index in [-0.39, 0.29) is 81.1 Å². The molecule has 0 bridgehead atoms. The van der Waals surface area contributed by atoms with Crippen molar-refractivity contribution in [2.75, 3.05) is 20.3 Å². The van der Waals surface area contributed by atoms with Crippen LogP contribution in [0.25, 0.3) is 0 Å². The molecule has 1 amide bonds. The number of ether oxygens (including phenoxy) is 2. The maximum atomic E-state index is 12.3. The summed E-state index contributed by atoms with van der Waals surface area (Å²) in [6, 6.07) is -0.278. The van der Waals surface area contributed by atoms with Crippen molar-refractivity contribution in [3.8, 4) is 0 Å². The minimum Gasteiger partial charge on any atom is -0.543 e. The number of β-lactam (4-membered cyclic amide) rings is 1. The monoisotopic (exact) mass is 363 g/mol. The van der Waals surface area contributed by atoms with Gasteiger partial charge in [0.1, 0.15) is 0 Å². The number of carboxylic acids is 1. The Kier molecular flexibility index (Phi) is 7.06. The van der Waals surface area contributed by atoms with Gasteiger partial charge >= 0.3 is 51.4 Å². The first-order valence-corrected chi connectivity index (χ1v) is 8.06. The molecule has 3 aliphatic rings. The van der Waals surface area contributed by atoms with Gasteiger partial charge in [-0.05, 0) is 31.8 Å². The number of hydrogen-bond donors (Lipinski definition) is 1. The predicted octanol–water partition coefficient (Wildman–Crippen LogP) is -3.95. The molecule has 1 N–H and O–H groups in total. The number of carbonyl (C=O) groups excluding carboxylic acids is 2. The smallest absolute Gasteiger partial charge is 0.543 e. The topological polar surface area (TPSA) is 99.1 Å². The molecule has 0 unspecified atom stereocenters. The molecule has 5 atom stereocenters. The number of fused-ring (bicyclic) bond motifs is 3. The first kappa shape index (κ1) is 20.5. The Morgan fingerprint density at radius 2 is 2.12 bits per heavy atom. The zero-order chi connectivity index (χ0) is 16.7. The Balaban J connectivity index is 0.00000208. The summed E-state index contributed by atoms with van der Waals surface area (Å²) >= 11 is 0. The Morgan fingerprint density at radius 3 is 2.71 bits per heavy atom. The van der Waals surface area contributed by atoms with Crippen LogP contribution < -0.4 is 56.5 Å². The first-order valence-electron chi connectivity index (χ1n) is 8.06. The van der Waals surface area contributed by atoms with E-state index in [0.717, 1.165) is 19.3 Å². The van der Waals surface area contributed by atoms with Crippen LogP contribution >= 0.6 is 0 Å². The summed E-state index contributed by atoms with van der Waals surface area (Å²) in [5, 5.41) is 21.5. The largest absolute Gasteiger partial charge is 1.00 e. The molecule has 24 heavy (non-hydrogen) atoms. The number of aliphatic hydroxyl groups excluding tert-OH is 1. The molecule has 0 spiro atoms.